The first-order chi connectivity index (χ1) is 3.55. The summed E-state index contributed by atoms with van der Waals surface area (Å²) in [7, 11) is 0. The second-order valence-corrected chi connectivity index (χ2v) is 0.939. The van der Waals surface area contributed by atoms with Crippen LogP contribution in [0.25, 0.3) is 0 Å². The Labute approximate surface area is 68.8 Å². The molecule has 0 aromatic heterocycles. The molecule has 6 heteroatoms. The summed E-state index contributed by atoms with van der Waals surface area (Å²) in [6.45, 7) is 0. The number of carboxylic acid groups (broad SMARTS) is 2. The third kappa shape index (κ3) is 4.03. The molecule has 5 nitrogen and oxygen atoms in total. The van der Waals surface area contributed by atoms with Crippen LogP contribution in [0.3, 0.4) is 0 Å². The molecule has 0 spiro atoms. The maximum absolute atomic E-state index is 9.64. The summed E-state index contributed by atoms with van der Waals surface area (Å²) in [6.07, 6.45) is 0. The van der Waals surface area contributed by atoms with Crippen LogP contribution in [0, 0.1) is 0 Å². The first-order valence-corrected chi connectivity index (χ1v) is 1.56. The minimum Gasteiger partial charge on any atom is -0.475 e. The van der Waals surface area contributed by atoms with Crippen LogP contribution < -0.4 is 0 Å². The van der Waals surface area contributed by atoms with Gasteiger partial charge < -0.3 is 10.2 Å². The van der Waals surface area contributed by atoms with Crippen molar-refractivity contribution in [3.05, 3.63) is 0 Å². The Morgan fingerprint density at radius 2 is 1.11 bits per heavy atom. The maximum atomic E-state index is 9.64. The van der Waals surface area contributed by atoms with E-state index in [0.717, 1.165) is 0 Å². The Morgan fingerprint density at radius 1 is 0.889 bits per heavy atom. The monoisotopic (exact) mass is 208 g/mol. The van der Waals surface area contributed by atoms with Crippen molar-refractivity contribution in [2.75, 3.05) is 0 Å². The Morgan fingerprint density at radius 3 is 1.11 bits per heavy atom. The summed E-state index contributed by atoms with van der Waals surface area (Å²) in [5.41, 5.74) is 0. The molecule has 48 valence electrons. The molecule has 0 fully saturated rings. The van der Waals surface area contributed by atoms with E-state index in [2.05, 4.69) is 0 Å². The van der Waals surface area contributed by atoms with Crippen molar-refractivity contribution in [3.8, 4) is 0 Å². The Bertz CT molecular complexity index is 134. The normalized spacial score (nSPS) is 7.11. The molecule has 0 heterocycles. The van der Waals surface area contributed by atoms with Crippen LogP contribution in [-0.2, 0) is 40.6 Å². The largest absolute Gasteiger partial charge is 0.475 e. The van der Waals surface area contributed by atoms with Crippen molar-refractivity contribution in [2.45, 2.75) is 0 Å². The molecule has 2 N–H and O–H groups in total. The molecule has 0 bridgehead atoms. The summed E-state index contributed by atoms with van der Waals surface area (Å²) in [5.74, 6) is -5.71. The molecule has 0 saturated carbocycles. The fourth-order valence-electron chi connectivity index (χ4n) is 0.0915. The van der Waals surface area contributed by atoms with E-state index in [1.807, 2.05) is 0 Å². The van der Waals surface area contributed by atoms with Crippen LogP contribution in [0.1, 0.15) is 0 Å². The third-order valence-electron chi connectivity index (χ3n) is 0.388. The number of rotatable bonds is 2. The topological polar surface area (TPSA) is 91.7 Å². The van der Waals surface area contributed by atoms with Gasteiger partial charge in [0.15, 0.2) is 0 Å². The molecule has 0 atom stereocenters. The second-order valence-electron chi connectivity index (χ2n) is 0.939. The van der Waals surface area contributed by atoms with Gasteiger partial charge in [-0.2, -0.15) is 0 Å². The smallest absolute Gasteiger partial charge is 0.384 e. The van der Waals surface area contributed by atoms with Crippen LogP contribution >= 0.6 is 0 Å². The fraction of sp³-hybridized carbons (Fsp3) is 0. The van der Waals surface area contributed by atoms with Gasteiger partial charge in [-0.1, -0.05) is 0 Å². The van der Waals surface area contributed by atoms with Crippen LogP contribution in [-0.4, -0.2) is 27.9 Å². The molecule has 0 amide bonds. The predicted molar refractivity (Wildman–Crippen MR) is 20.3 cm³/mol. The molecule has 0 aliphatic rings. The van der Waals surface area contributed by atoms with Gasteiger partial charge in [0, 0.05) is 26.2 Å². The molecule has 9 heavy (non-hydrogen) atoms. The number of hydrogen-bond acceptors (Lipinski definition) is 3. The van der Waals surface area contributed by atoms with Gasteiger partial charge in [-0.3, -0.25) is 4.79 Å². The van der Waals surface area contributed by atoms with Crippen LogP contribution in [0.5, 0.6) is 0 Å². The summed E-state index contributed by atoms with van der Waals surface area (Å²) in [5, 5.41) is 15.2. The predicted octanol–water partition coefficient (Wildman–Crippen LogP) is -1.28. The Balaban J connectivity index is 0. The van der Waals surface area contributed by atoms with Gasteiger partial charge in [0.25, 0.3) is 0 Å². The van der Waals surface area contributed by atoms with Crippen molar-refractivity contribution in [2.24, 2.45) is 0 Å². The first kappa shape index (κ1) is 11.3. The van der Waals surface area contributed by atoms with Gasteiger partial charge in [-0.25, -0.2) is 9.59 Å². The molecule has 0 aliphatic heterocycles. The molecular weight excluding hydrogens is 207 g/mol. The fourth-order valence-corrected chi connectivity index (χ4v) is 0.0915. The molecule has 0 aromatic carbocycles. The minimum atomic E-state index is -1.95. The van der Waals surface area contributed by atoms with Crippen molar-refractivity contribution in [3.63, 3.8) is 0 Å². The molecule has 0 saturated heterocycles. The van der Waals surface area contributed by atoms with Crippen LogP contribution in [0.15, 0.2) is 0 Å². The van der Waals surface area contributed by atoms with E-state index in [-0.39, 0.29) is 26.2 Å². The quantitative estimate of drug-likeness (QED) is 0.436. The van der Waals surface area contributed by atoms with Gasteiger partial charge in [0.1, 0.15) is 0 Å². The number of carbonyl (C=O) groups excluding carboxylic acids is 1. The van der Waals surface area contributed by atoms with Crippen LogP contribution in [0.4, 0.5) is 0 Å². The third-order valence-corrected chi connectivity index (χ3v) is 0.388. The van der Waals surface area contributed by atoms with Crippen molar-refractivity contribution in [1.29, 1.82) is 0 Å². The van der Waals surface area contributed by atoms with E-state index in [0.29, 0.717) is 0 Å². The Kier molecular flexibility index (Phi) is 5.50. The SMILES string of the molecule is O=C(O)C(=O)C(=O)O.[Zr]. The van der Waals surface area contributed by atoms with E-state index >= 15 is 0 Å². The number of hydrogen-bond donors (Lipinski definition) is 2. The van der Waals surface area contributed by atoms with Crippen LogP contribution in [0.2, 0.25) is 0 Å². The van der Waals surface area contributed by atoms with E-state index in [9.17, 15) is 14.4 Å². The molecule has 0 radical (unpaired) electrons. The van der Waals surface area contributed by atoms with Crippen molar-refractivity contribution in [1.82, 2.24) is 0 Å². The van der Waals surface area contributed by atoms with E-state index < -0.39 is 17.7 Å². The average molecular weight is 209 g/mol. The minimum absolute atomic E-state index is 0. The van der Waals surface area contributed by atoms with E-state index in [1.54, 1.807) is 0 Å². The molecule has 0 rings (SSSR count). The van der Waals surface area contributed by atoms with E-state index in [4.69, 9.17) is 10.2 Å². The summed E-state index contributed by atoms with van der Waals surface area (Å²) in [4.78, 5) is 28.5. The number of carboxylic acids is 2. The summed E-state index contributed by atoms with van der Waals surface area (Å²) < 4.78 is 0. The van der Waals surface area contributed by atoms with Gasteiger partial charge in [0.05, 0.1) is 0 Å². The van der Waals surface area contributed by atoms with Gasteiger partial charge >= 0.3 is 17.7 Å². The van der Waals surface area contributed by atoms with Gasteiger partial charge in [-0.05, 0) is 0 Å². The Hall–Kier alpha value is -0.507. The number of carbonyl (C=O) groups is 3. The van der Waals surface area contributed by atoms with E-state index in [1.165, 1.54) is 0 Å². The first-order valence-electron chi connectivity index (χ1n) is 1.56. The standard InChI is InChI=1S/C3H2O5.Zr/c4-1(2(5)6)3(7)8;/h(H,5,6)(H,7,8);. The maximum Gasteiger partial charge on any atom is 0.384 e. The molecule has 0 aromatic rings. The van der Waals surface area contributed by atoms with Gasteiger partial charge in [-0.15, -0.1) is 0 Å². The second kappa shape index (κ2) is 4.38. The number of aliphatic carboxylic acids is 2. The zero-order chi connectivity index (χ0) is 6.73. The van der Waals surface area contributed by atoms with Crippen molar-refractivity contribution >= 4 is 17.7 Å². The zero-order valence-electron chi connectivity index (χ0n) is 4.12. The molecule has 0 aliphatic carbocycles. The molecule has 0 unspecified atom stereocenters. The van der Waals surface area contributed by atoms with Crippen molar-refractivity contribution < 1.29 is 50.8 Å². The summed E-state index contributed by atoms with van der Waals surface area (Å²) >= 11 is 0. The zero-order valence-corrected chi connectivity index (χ0v) is 6.58. The summed E-state index contributed by atoms with van der Waals surface area (Å²) in [6, 6.07) is 0. The number of Topliss-reactive ketones (excluding diaryl/α,β-unsaturated/α-hetero) is 1. The average Bonchev–Trinajstić information content (AvgIpc) is 1.64. The number of ketones is 1. The molecular formula is C3H2O5Zr. The van der Waals surface area contributed by atoms with Gasteiger partial charge in [0.2, 0.25) is 0 Å².